The van der Waals surface area contributed by atoms with Gasteiger partial charge in [0, 0.05) is 12.8 Å². The molecule has 0 aliphatic carbocycles. The van der Waals surface area contributed by atoms with Crippen LogP contribution < -0.4 is 0 Å². The van der Waals surface area contributed by atoms with E-state index >= 15 is 0 Å². The summed E-state index contributed by atoms with van der Waals surface area (Å²) >= 11 is 0. The summed E-state index contributed by atoms with van der Waals surface area (Å²) < 4.78 is 5.12. The number of aliphatic carboxylic acids is 1. The van der Waals surface area contributed by atoms with Gasteiger partial charge < -0.3 is 9.84 Å². The van der Waals surface area contributed by atoms with Crippen LogP contribution in [0.3, 0.4) is 0 Å². The first-order valence-corrected chi connectivity index (χ1v) is 5.13. The molecule has 2 atom stereocenters. The van der Waals surface area contributed by atoms with Gasteiger partial charge in [-0.05, 0) is 6.92 Å². The first-order valence-electron chi connectivity index (χ1n) is 5.13. The molecule has 2 heterocycles. The highest BCUT2D eigenvalue weighted by atomic mass is 16.5. The highest BCUT2D eigenvalue weighted by Crippen LogP contribution is 2.35. The summed E-state index contributed by atoms with van der Waals surface area (Å²) in [7, 11) is 0. The third kappa shape index (κ3) is 1.41. The van der Waals surface area contributed by atoms with Gasteiger partial charge in [-0.2, -0.15) is 0 Å². The maximum Gasteiger partial charge on any atom is 0.313 e. The summed E-state index contributed by atoms with van der Waals surface area (Å²) in [5.41, 5.74) is -1.18. The molecule has 0 aromatic carbocycles. The molecule has 1 N–H and O–H groups in total. The third-order valence-electron chi connectivity index (χ3n) is 3.30. The molecule has 2 fully saturated rings. The fourth-order valence-electron chi connectivity index (χ4n) is 2.17. The molecule has 2 saturated heterocycles. The van der Waals surface area contributed by atoms with Gasteiger partial charge in [-0.25, -0.2) is 0 Å². The Kier molecular flexibility index (Phi) is 2.46. The Morgan fingerprint density at radius 1 is 1.44 bits per heavy atom. The van der Waals surface area contributed by atoms with E-state index in [1.165, 1.54) is 6.92 Å². The van der Waals surface area contributed by atoms with Gasteiger partial charge in [-0.15, -0.1) is 0 Å². The number of ether oxygens (including phenoxy) is 1. The highest BCUT2D eigenvalue weighted by molar-refractivity contribution is 6.02. The molecular weight excluding hydrogens is 214 g/mol. The summed E-state index contributed by atoms with van der Waals surface area (Å²) in [6.07, 6.45) is 0.343. The molecule has 0 radical (unpaired) electrons. The summed E-state index contributed by atoms with van der Waals surface area (Å²) in [5.74, 6) is -1.64. The van der Waals surface area contributed by atoms with Crippen molar-refractivity contribution in [3.05, 3.63) is 0 Å². The second-order valence-electron chi connectivity index (χ2n) is 4.41. The first-order chi connectivity index (χ1) is 7.47. The van der Waals surface area contributed by atoms with E-state index in [1.54, 1.807) is 0 Å². The summed E-state index contributed by atoms with van der Waals surface area (Å²) in [6.45, 7) is 1.65. The van der Waals surface area contributed by atoms with Crippen LogP contribution in [0.5, 0.6) is 0 Å². The molecule has 6 heteroatoms. The van der Waals surface area contributed by atoms with Gasteiger partial charge >= 0.3 is 5.97 Å². The molecule has 2 aliphatic heterocycles. The number of carbonyl (C=O) groups is 3. The van der Waals surface area contributed by atoms with E-state index in [1.807, 2.05) is 0 Å². The number of carboxylic acids is 1. The van der Waals surface area contributed by atoms with Crippen molar-refractivity contribution in [2.24, 2.45) is 5.41 Å². The van der Waals surface area contributed by atoms with Crippen LogP contribution in [0.25, 0.3) is 0 Å². The predicted molar refractivity (Wildman–Crippen MR) is 51.4 cm³/mol. The molecule has 88 valence electrons. The standard InChI is InChI=1S/C10H13NO5/c1-10(9(14)15)5-16-4-6(10)11-7(12)2-3-8(11)13/h6H,2-5H2,1H3,(H,14,15). The van der Waals surface area contributed by atoms with Crippen LogP contribution in [-0.4, -0.2) is 47.0 Å². The fourth-order valence-corrected chi connectivity index (χ4v) is 2.17. The molecule has 0 spiro atoms. The second kappa shape index (κ2) is 3.55. The van der Waals surface area contributed by atoms with Gasteiger partial charge in [0.25, 0.3) is 0 Å². The van der Waals surface area contributed by atoms with Crippen LogP contribution in [0.1, 0.15) is 19.8 Å². The van der Waals surface area contributed by atoms with Crippen molar-refractivity contribution >= 4 is 17.8 Å². The Labute approximate surface area is 92.2 Å². The Morgan fingerprint density at radius 3 is 2.50 bits per heavy atom. The number of carboxylic acid groups (broad SMARTS) is 1. The SMILES string of the molecule is CC1(C(=O)O)COCC1N1C(=O)CCC1=O. The summed E-state index contributed by atoms with van der Waals surface area (Å²) in [6, 6.07) is -0.674. The average Bonchev–Trinajstić information content (AvgIpc) is 2.72. The lowest BCUT2D eigenvalue weighted by atomic mass is 9.84. The number of likely N-dealkylation sites (tertiary alicyclic amines) is 1. The Hall–Kier alpha value is -1.43. The zero-order chi connectivity index (χ0) is 11.9. The lowest BCUT2D eigenvalue weighted by molar-refractivity contribution is -0.154. The van der Waals surface area contributed by atoms with Gasteiger partial charge in [0.1, 0.15) is 5.41 Å². The number of rotatable bonds is 2. The minimum atomic E-state index is -1.18. The lowest BCUT2D eigenvalue weighted by Crippen LogP contribution is -2.51. The first kappa shape index (κ1) is 11.1. The molecule has 0 bridgehead atoms. The average molecular weight is 227 g/mol. The maximum atomic E-state index is 11.5. The van der Waals surface area contributed by atoms with E-state index in [-0.39, 0.29) is 37.9 Å². The van der Waals surface area contributed by atoms with Crippen molar-refractivity contribution in [2.45, 2.75) is 25.8 Å². The van der Waals surface area contributed by atoms with Gasteiger partial charge in [0.05, 0.1) is 19.3 Å². The van der Waals surface area contributed by atoms with Crippen molar-refractivity contribution in [3.8, 4) is 0 Å². The van der Waals surface area contributed by atoms with E-state index in [9.17, 15) is 14.4 Å². The van der Waals surface area contributed by atoms with Gasteiger partial charge in [0.15, 0.2) is 0 Å². The smallest absolute Gasteiger partial charge is 0.313 e. The van der Waals surface area contributed by atoms with Crippen molar-refractivity contribution in [3.63, 3.8) is 0 Å². The van der Waals surface area contributed by atoms with Crippen molar-refractivity contribution in [1.82, 2.24) is 4.90 Å². The van der Waals surface area contributed by atoms with Crippen molar-refractivity contribution in [2.75, 3.05) is 13.2 Å². The van der Waals surface area contributed by atoms with Gasteiger partial charge in [-0.3, -0.25) is 19.3 Å². The van der Waals surface area contributed by atoms with Gasteiger partial charge in [-0.1, -0.05) is 0 Å². The third-order valence-corrected chi connectivity index (χ3v) is 3.30. The Morgan fingerprint density at radius 2 is 2.00 bits per heavy atom. The highest BCUT2D eigenvalue weighted by Gasteiger charge is 2.53. The summed E-state index contributed by atoms with van der Waals surface area (Å²) in [4.78, 5) is 35.3. The molecule has 0 aromatic heterocycles. The molecule has 2 unspecified atom stereocenters. The monoisotopic (exact) mass is 227 g/mol. The molecule has 2 rings (SSSR count). The van der Waals surface area contributed by atoms with E-state index < -0.39 is 17.4 Å². The van der Waals surface area contributed by atoms with Crippen LogP contribution in [0, 0.1) is 5.41 Å². The fraction of sp³-hybridized carbons (Fsp3) is 0.700. The number of amides is 2. The molecule has 0 aromatic rings. The molecule has 2 aliphatic rings. The van der Waals surface area contributed by atoms with E-state index in [4.69, 9.17) is 9.84 Å². The quantitative estimate of drug-likeness (QED) is 0.650. The van der Waals surface area contributed by atoms with E-state index in [2.05, 4.69) is 0 Å². The minimum Gasteiger partial charge on any atom is -0.481 e. The second-order valence-corrected chi connectivity index (χ2v) is 4.41. The largest absolute Gasteiger partial charge is 0.481 e. The minimum absolute atomic E-state index is 0.0318. The molecule has 0 saturated carbocycles. The Bertz CT molecular complexity index is 350. The zero-order valence-corrected chi connectivity index (χ0v) is 8.93. The van der Waals surface area contributed by atoms with E-state index in [0.29, 0.717) is 0 Å². The zero-order valence-electron chi connectivity index (χ0n) is 8.93. The molecular formula is C10H13NO5. The molecule has 16 heavy (non-hydrogen) atoms. The lowest BCUT2D eigenvalue weighted by Gasteiger charge is -2.31. The van der Waals surface area contributed by atoms with Gasteiger partial charge in [0.2, 0.25) is 11.8 Å². The van der Waals surface area contributed by atoms with Crippen LogP contribution in [0.15, 0.2) is 0 Å². The number of hydrogen-bond donors (Lipinski definition) is 1. The van der Waals surface area contributed by atoms with Crippen molar-refractivity contribution in [1.29, 1.82) is 0 Å². The van der Waals surface area contributed by atoms with Crippen LogP contribution >= 0.6 is 0 Å². The number of hydrogen-bond acceptors (Lipinski definition) is 4. The summed E-state index contributed by atoms with van der Waals surface area (Å²) in [5, 5.41) is 9.15. The topological polar surface area (TPSA) is 83.9 Å². The molecule has 6 nitrogen and oxygen atoms in total. The number of imide groups is 1. The number of carbonyl (C=O) groups excluding carboxylic acids is 2. The van der Waals surface area contributed by atoms with Crippen LogP contribution in [0.4, 0.5) is 0 Å². The normalized spacial score (nSPS) is 34.8. The molecule has 2 amide bonds. The van der Waals surface area contributed by atoms with Crippen molar-refractivity contribution < 1.29 is 24.2 Å². The van der Waals surface area contributed by atoms with E-state index in [0.717, 1.165) is 4.90 Å². The predicted octanol–water partition coefficient (Wildman–Crippen LogP) is -0.375. The maximum absolute atomic E-state index is 11.5. The van der Waals surface area contributed by atoms with Crippen LogP contribution in [0.2, 0.25) is 0 Å². The van der Waals surface area contributed by atoms with Crippen LogP contribution in [-0.2, 0) is 19.1 Å². The Balaban J connectivity index is 2.30. The number of nitrogens with zero attached hydrogens (tertiary/aromatic N) is 1.